The quantitative estimate of drug-likeness (QED) is 0.183. The first-order chi connectivity index (χ1) is 24.8. The maximum absolute atomic E-state index is 3.85. The molecule has 1 heterocycles. The van der Waals surface area contributed by atoms with E-state index >= 15 is 0 Å². The molecule has 0 spiro atoms. The number of hydrogen-bond donors (Lipinski definition) is 1. The zero-order valence-corrected chi connectivity index (χ0v) is 27.9. The van der Waals surface area contributed by atoms with Crippen molar-refractivity contribution in [1.29, 1.82) is 0 Å². The van der Waals surface area contributed by atoms with E-state index in [1.165, 1.54) is 66.5 Å². The van der Waals surface area contributed by atoms with Gasteiger partial charge in [-0.25, -0.2) is 0 Å². The molecular formula is C48H38N2. The van der Waals surface area contributed by atoms with E-state index in [9.17, 15) is 0 Å². The predicted molar refractivity (Wildman–Crippen MR) is 213 cm³/mol. The average molecular weight is 643 g/mol. The van der Waals surface area contributed by atoms with Gasteiger partial charge in [-0.1, -0.05) is 152 Å². The molecule has 1 N–H and O–H groups in total. The van der Waals surface area contributed by atoms with Crippen LogP contribution in [0.15, 0.2) is 188 Å². The van der Waals surface area contributed by atoms with Gasteiger partial charge in [-0.05, 0) is 88.2 Å². The largest absolute Gasteiger partial charge is 0.378 e. The van der Waals surface area contributed by atoms with Crippen LogP contribution < -0.4 is 5.32 Å². The molecule has 0 bridgehead atoms. The maximum Gasteiger partial charge on any atom is 0.0551 e. The van der Waals surface area contributed by atoms with E-state index in [2.05, 4.69) is 198 Å². The Morgan fingerprint density at radius 2 is 1.20 bits per heavy atom. The van der Waals surface area contributed by atoms with Crippen molar-refractivity contribution in [1.82, 2.24) is 4.57 Å². The fourth-order valence-corrected chi connectivity index (χ4v) is 7.66. The van der Waals surface area contributed by atoms with E-state index in [1.807, 2.05) is 0 Å². The Labute approximate surface area is 294 Å². The van der Waals surface area contributed by atoms with Crippen molar-refractivity contribution in [3.05, 3.63) is 199 Å². The van der Waals surface area contributed by atoms with Crippen LogP contribution in [0.2, 0.25) is 0 Å². The van der Waals surface area contributed by atoms with Crippen molar-refractivity contribution >= 4 is 38.8 Å². The third kappa shape index (κ3) is 5.69. The SMILES string of the molecule is C1=CCCC(n2c3ccccc3c3cc(-c4ccc(C5C=C(c6ccccc6)C=CC5Nc5ccc(-c6ccccc6)cc5)cc4)ccc32)=C1. The van der Waals surface area contributed by atoms with E-state index in [-0.39, 0.29) is 12.0 Å². The lowest BCUT2D eigenvalue weighted by molar-refractivity contribution is 0.759. The second kappa shape index (κ2) is 13.1. The van der Waals surface area contributed by atoms with Crippen LogP contribution in [0.5, 0.6) is 0 Å². The van der Waals surface area contributed by atoms with Crippen LogP contribution in [-0.2, 0) is 0 Å². The first kappa shape index (κ1) is 30.0. The predicted octanol–water partition coefficient (Wildman–Crippen LogP) is 12.5. The van der Waals surface area contributed by atoms with Crippen LogP contribution in [0.4, 0.5) is 5.69 Å². The molecule has 0 fully saturated rings. The van der Waals surface area contributed by atoms with Gasteiger partial charge in [-0.3, -0.25) is 0 Å². The molecule has 0 saturated carbocycles. The summed E-state index contributed by atoms with van der Waals surface area (Å²) in [7, 11) is 0. The molecular weight excluding hydrogens is 605 g/mol. The molecule has 6 aromatic carbocycles. The summed E-state index contributed by atoms with van der Waals surface area (Å²) >= 11 is 0. The number of rotatable bonds is 7. The highest BCUT2D eigenvalue weighted by Gasteiger charge is 2.24. The molecule has 2 atom stereocenters. The van der Waals surface area contributed by atoms with E-state index < -0.39 is 0 Å². The number of nitrogens with one attached hydrogen (secondary N) is 1. The molecule has 2 aliphatic rings. The highest BCUT2D eigenvalue weighted by molar-refractivity contribution is 6.11. The molecule has 2 nitrogen and oxygen atoms in total. The average Bonchev–Trinajstić information content (AvgIpc) is 3.53. The third-order valence-electron chi connectivity index (χ3n) is 10.2. The van der Waals surface area contributed by atoms with Crippen LogP contribution in [-0.4, -0.2) is 10.6 Å². The molecule has 0 amide bonds. The zero-order chi connectivity index (χ0) is 33.3. The lowest BCUT2D eigenvalue weighted by Crippen LogP contribution is -2.26. The topological polar surface area (TPSA) is 17.0 Å². The van der Waals surface area contributed by atoms with Gasteiger partial charge >= 0.3 is 0 Å². The Kier molecular flexibility index (Phi) is 7.83. The van der Waals surface area contributed by atoms with Gasteiger partial charge in [0.15, 0.2) is 0 Å². The third-order valence-corrected chi connectivity index (χ3v) is 10.2. The smallest absolute Gasteiger partial charge is 0.0551 e. The standard InChI is InChI=1S/C48H38N2/c1-4-12-34(13-5-1)36-24-28-41(29-25-36)49-46-30-26-39(35-14-6-2-7-15-35)32-44(46)38-22-20-37(21-23-38)40-27-31-48-45(33-40)43-18-10-11-19-47(43)50(48)42-16-8-3-9-17-42/h1-8,10-16,18-33,44,46,49H,9,17H2. The van der Waals surface area contributed by atoms with Gasteiger partial charge < -0.3 is 9.88 Å². The van der Waals surface area contributed by atoms with E-state index in [1.54, 1.807) is 0 Å². The molecule has 240 valence electrons. The normalized spacial score (nSPS) is 17.1. The summed E-state index contributed by atoms with van der Waals surface area (Å²) in [6.07, 6.45) is 15.9. The van der Waals surface area contributed by atoms with Gasteiger partial charge in [0.05, 0.1) is 17.1 Å². The summed E-state index contributed by atoms with van der Waals surface area (Å²) in [5, 5.41) is 6.45. The van der Waals surface area contributed by atoms with Gasteiger partial charge in [0.2, 0.25) is 0 Å². The van der Waals surface area contributed by atoms with Crippen LogP contribution in [0, 0.1) is 0 Å². The minimum absolute atomic E-state index is 0.113. The summed E-state index contributed by atoms with van der Waals surface area (Å²) in [5.74, 6) is 0.163. The molecule has 2 heteroatoms. The first-order valence-corrected chi connectivity index (χ1v) is 17.7. The van der Waals surface area contributed by atoms with Crippen molar-refractivity contribution in [2.75, 3.05) is 5.32 Å². The van der Waals surface area contributed by atoms with Crippen molar-refractivity contribution in [3.63, 3.8) is 0 Å². The molecule has 2 aliphatic carbocycles. The van der Waals surface area contributed by atoms with Gasteiger partial charge in [-0.15, -0.1) is 0 Å². The van der Waals surface area contributed by atoms with Crippen LogP contribution >= 0.6 is 0 Å². The number of hydrogen-bond acceptors (Lipinski definition) is 1. The van der Waals surface area contributed by atoms with Crippen molar-refractivity contribution in [3.8, 4) is 22.3 Å². The Hall–Kier alpha value is -6.12. The summed E-state index contributed by atoms with van der Waals surface area (Å²) in [4.78, 5) is 0. The molecule has 7 aromatic rings. The number of fused-ring (bicyclic) bond motifs is 3. The van der Waals surface area contributed by atoms with Gasteiger partial charge in [-0.2, -0.15) is 0 Å². The van der Waals surface area contributed by atoms with E-state index in [4.69, 9.17) is 0 Å². The van der Waals surface area contributed by atoms with Crippen molar-refractivity contribution < 1.29 is 0 Å². The number of para-hydroxylation sites is 1. The maximum atomic E-state index is 3.85. The number of aromatic nitrogens is 1. The van der Waals surface area contributed by atoms with E-state index in [0.29, 0.717) is 0 Å². The lowest BCUT2D eigenvalue weighted by atomic mass is 9.83. The molecule has 0 aliphatic heterocycles. The Bertz CT molecular complexity index is 2420. The van der Waals surface area contributed by atoms with Crippen molar-refractivity contribution in [2.45, 2.75) is 24.8 Å². The second-order valence-corrected chi connectivity index (χ2v) is 13.3. The Balaban J connectivity index is 1.04. The molecule has 2 unspecified atom stereocenters. The summed E-state index contributed by atoms with van der Waals surface area (Å²) in [5.41, 5.74) is 13.7. The van der Waals surface area contributed by atoms with Crippen LogP contribution in [0.3, 0.4) is 0 Å². The van der Waals surface area contributed by atoms with Crippen LogP contribution in [0.25, 0.3) is 55.3 Å². The monoisotopic (exact) mass is 642 g/mol. The number of nitrogens with zero attached hydrogens (tertiary/aromatic N) is 1. The first-order valence-electron chi connectivity index (χ1n) is 17.7. The van der Waals surface area contributed by atoms with Gasteiger partial charge in [0.1, 0.15) is 0 Å². The Morgan fingerprint density at radius 3 is 1.96 bits per heavy atom. The highest BCUT2D eigenvalue weighted by Crippen LogP contribution is 2.38. The summed E-state index contributed by atoms with van der Waals surface area (Å²) < 4.78 is 2.46. The minimum Gasteiger partial charge on any atom is -0.378 e. The fraction of sp³-hybridized carbons (Fsp3) is 0.0833. The van der Waals surface area contributed by atoms with Crippen LogP contribution in [0.1, 0.15) is 29.9 Å². The fourth-order valence-electron chi connectivity index (χ4n) is 7.66. The molecule has 0 saturated heterocycles. The number of allylic oxidation sites excluding steroid dienone is 6. The molecule has 1 aromatic heterocycles. The van der Waals surface area contributed by atoms with Crippen molar-refractivity contribution in [2.24, 2.45) is 0 Å². The lowest BCUT2D eigenvalue weighted by Gasteiger charge is -2.29. The summed E-state index contributed by atoms with van der Waals surface area (Å²) in [6, 6.07) is 55.2. The summed E-state index contributed by atoms with van der Waals surface area (Å²) in [6.45, 7) is 0. The number of anilines is 1. The molecule has 0 radical (unpaired) electrons. The Morgan fingerprint density at radius 1 is 0.560 bits per heavy atom. The van der Waals surface area contributed by atoms with Gasteiger partial charge in [0, 0.05) is 28.1 Å². The molecule has 9 rings (SSSR count). The highest BCUT2D eigenvalue weighted by atomic mass is 15.0. The van der Waals surface area contributed by atoms with E-state index in [0.717, 1.165) is 18.5 Å². The van der Waals surface area contributed by atoms with Gasteiger partial charge in [0.25, 0.3) is 0 Å². The zero-order valence-electron chi connectivity index (χ0n) is 27.9. The second-order valence-electron chi connectivity index (χ2n) is 13.3. The molecule has 50 heavy (non-hydrogen) atoms. The minimum atomic E-state index is 0.113. The number of benzene rings is 6.